The quantitative estimate of drug-likeness (QED) is 0.532. The summed E-state index contributed by atoms with van der Waals surface area (Å²) in [6.45, 7) is 4.19. The maximum atomic E-state index is 3.72. The Bertz CT molecular complexity index is 162. The van der Waals surface area contributed by atoms with E-state index in [9.17, 15) is 0 Å². The van der Waals surface area contributed by atoms with Crippen molar-refractivity contribution in [3.8, 4) is 23.9 Å². The van der Waals surface area contributed by atoms with Gasteiger partial charge in [-0.1, -0.05) is 25.7 Å². The topological polar surface area (TPSA) is 14.1 Å². The molecule has 0 aromatic rings. The van der Waals surface area contributed by atoms with Gasteiger partial charge < -0.3 is 0 Å². The summed E-state index contributed by atoms with van der Waals surface area (Å²) in [5.41, 5.74) is 0. The van der Waals surface area contributed by atoms with Gasteiger partial charge in [-0.25, -0.2) is 0 Å². The van der Waals surface area contributed by atoms with E-state index in [1.807, 2.05) is 0 Å². The van der Waals surface area contributed by atoms with E-state index in [1.54, 1.807) is 0 Å². The first-order valence-corrected chi connectivity index (χ1v) is 4.07. The summed E-state index contributed by atoms with van der Waals surface area (Å²) < 4.78 is 0. The summed E-state index contributed by atoms with van der Waals surface area (Å²) in [7, 11) is 0. The summed E-state index contributed by atoms with van der Waals surface area (Å²) in [6.07, 6.45) is 4.01. The molecule has 0 aromatic heterocycles. The van der Waals surface area contributed by atoms with Gasteiger partial charge in [0.1, 0.15) is 0 Å². The predicted molar refractivity (Wildman–Crippen MR) is 47.5 cm³/mol. The van der Waals surface area contributed by atoms with E-state index in [4.69, 9.17) is 0 Å². The van der Waals surface area contributed by atoms with Gasteiger partial charge in [0.2, 0.25) is 0 Å². The van der Waals surface area contributed by atoms with Gasteiger partial charge >= 0.3 is 0 Å². The van der Waals surface area contributed by atoms with Gasteiger partial charge in [0, 0.05) is 24.9 Å². The molecule has 0 aliphatic carbocycles. The molecular formula is C10H14N. The number of nitrogens with zero attached hydrogens (tertiary/aromatic N) is 1. The molecule has 0 aliphatic heterocycles. The van der Waals surface area contributed by atoms with Crippen molar-refractivity contribution in [1.82, 2.24) is 5.32 Å². The van der Waals surface area contributed by atoms with E-state index in [0.29, 0.717) is 0 Å². The molecule has 0 saturated carbocycles. The van der Waals surface area contributed by atoms with Crippen LogP contribution in [-0.4, -0.2) is 0 Å². The molecule has 0 atom stereocenters. The summed E-state index contributed by atoms with van der Waals surface area (Å²) >= 11 is 0. The van der Waals surface area contributed by atoms with Crippen LogP contribution in [0.2, 0.25) is 0 Å². The van der Waals surface area contributed by atoms with Crippen molar-refractivity contribution in [3.05, 3.63) is 0 Å². The van der Waals surface area contributed by atoms with Gasteiger partial charge in [0.05, 0.1) is 0 Å². The molecule has 0 spiro atoms. The second-order valence-electron chi connectivity index (χ2n) is 2.19. The lowest BCUT2D eigenvalue weighted by molar-refractivity contribution is 0.977. The van der Waals surface area contributed by atoms with E-state index in [-0.39, 0.29) is 0 Å². The SMILES string of the molecule is CCCC#C[N]C#CCCC. The fourth-order valence-corrected chi connectivity index (χ4v) is 0.469. The summed E-state index contributed by atoms with van der Waals surface area (Å²) in [5.74, 6) is 5.79. The second-order valence-corrected chi connectivity index (χ2v) is 2.19. The number of unbranched alkanes of at least 4 members (excludes halogenated alkanes) is 2. The Morgan fingerprint density at radius 1 is 0.909 bits per heavy atom. The smallest absolute Gasteiger partial charge is 0.0448 e. The number of rotatable bonds is 2. The van der Waals surface area contributed by atoms with Crippen LogP contribution in [0.5, 0.6) is 0 Å². The molecule has 0 saturated heterocycles. The summed E-state index contributed by atoms with van der Waals surface area (Å²) in [6, 6.07) is 5.29. The first-order valence-electron chi connectivity index (χ1n) is 4.07. The Kier molecular flexibility index (Phi) is 8.04. The molecule has 0 N–H and O–H groups in total. The lowest BCUT2D eigenvalue weighted by Gasteiger charge is -1.77. The minimum atomic E-state index is 0.916. The molecule has 0 heterocycles. The highest BCUT2D eigenvalue weighted by atomic mass is 14.8. The zero-order valence-electron chi connectivity index (χ0n) is 7.28. The number of hydrogen-bond donors (Lipinski definition) is 0. The largest absolute Gasteiger partial charge is 0.146 e. The van der Waals surface area contributed by atoms with Crippen LogP contribution in [0, 0.1) is 23.9 Å². The van der Waals surface area contributed by atoms with Crippen molar-refractivity contribution in [2.45, 2.75) is 39.5 Å². The highest BCUT2D eigenvalue weighted by Gasteiger charge is 1.71. The fraction of sp³-hybridized carbons (Fsp3) is 0.600. The van der Waals surface area contributed by atoms with E-state index >= 15 is 0 Å². The van der Waals surface area contributed by atoms with Crippen molar-refractivity contribution < 1.29 is 0 Å². The van der Waals surface area contributed by atoms with E-state index in [1.165, 1.54) is 0 Å². The third-order valence-electron chi connectivity index (χ3n) is 1.02. The lowest BCUT2D eigenvalue weighted by atomic mass is 10.3. The second kappa shape index (κ2) is 8.92. The zero-order valence-corrected chi connectivity index (χ0v) is 7.28. The van der Waals surface area contributed by atoms with Crippen LogP contribution in [0.3, 0.4) is 0 Å². The van der Waals surface area contributed by atoms with Crippen LogP contribution in [0.15, 0.2) is 0 Å². The molecule has 59 valence electrons. The first-order chi connectivity index (χ1) is 5.41. The molecule has 0 rings (SSSR count). The summed E-state index contributed by atoms with van der Waals surface area (Å²) in [5, 5.41) is 3.72. The van der Waals surface area contributed by atoms with Gasteiger partial charge in [0.15, 0.2) is 0 Å². The molecule has 0 fully saturated rings. The van der Waals surface area contributed by atoms with Gasteiger partial charge in [-0.3, -0.25) is 0 Å². The van der Waals surface area contributed by atoms with Gasteiger partial charge in [-0.05, 0) is 12.8 Å². The highest BCUT2D eigenvalue weighted by Crippen LogP contribution is 1.80. The normalized spacial score (nSPS) is 7.09. The average Bonchev–Trinajstić information content (AvgIpc) is 2.03. The highest BCUT2D eigenvalue weighted by molar-refractivity contribution is 5.06. The molecule has 0 aliphatic rings. The summed E-state index contributed by atoms with van der Waals surface area (Å²) in [4.78, 5) is 0. The van der Waals surface area contributed by atoms with Crippen molar-refractivity contribution >= 4 is 0 Å². The van der Waals surface area contributed by atoms with Crippen LogP contribution in [-0.2, 0) is 0 Å². The van der Waals surface area contributed by atoms with Gasteiger partial charge in [-0.15, -0.1) is 5.32 Å². The Labute approximate surface area is 69.6 Å². The molecule has 1 nitrogen and oxygen atoms in total. The molecule has 1 radical (unpaired) electrons. The van der Waals surface area contributed by atoms with Gasteiger partial charge in [0.25, 0.3) is 0 Å². The molecule has 0 unspecified atom stereocenters. The molecule has 1 heteroatoms. The third-order valence-corrected chi connectivity index (χ3v) is 1.02. The minimum Gasteiger partial charge on any atom is -0.146 e. The predicted octanol–water partition coefficient (Wildman–Crippen LogP) is 2.11. The maximum absolute atomic E-state index is 3.72. The van der Waals surface area contributed by atoms with Crippen molar-refractivity contribution in [2.75, 3.05) is 0 Å². The van der Waals surface area contributed by atoms with Crippen LogP contribution in [0.25, 0.3) is 0 Å². The van der Waals surface area contributed by atoms with Crippen molar-refractivity contribution in [3.63, 3.8) is 0 Å². The minimum absolute atomic E-state index is 0.916. The average molecular weight is 148 g/mol. The van der Waals surface area contributed by atoms with E-state index in [0.717, 1.165) is 25.7 Å². The Morgan fingerprint density at radius 3 is 1.73 bits per heavy atom. The molecular weight excluding hydrogens is 134 g/mol. The maximum Gasteiger partial charge on any atom is 0.0448 e. The third kappa shape index (κ3) is 8.92. The molecule has 0 aromatic carbocycles. The first kappa shape index (κ1) is 9.92. The number of hydrogen-bond acceptors (Lipinski definition) is 0. The van der Waals surface area contributed by atoms with Crippen LogP contribution >= 0.6 is 0 Å². The van der Waals surface area contributed by atoms with Crippen LogP contribution in [0.1, 0.15) is 39.5 Å². The molecule has 0 bridgehead atoms. The Morgan fingerprint density at radius 2 is 1.36 bits per heavy atom. The molecule has 11 heavy (non-hydrogen) atoms. The van der Waals surface area contributed by atoms with E-state index < -0.39 is 0 Å². The Hall–Kier alpha value is -1.08. The molecule has 0 amide bonds. The van der Waals surface area contributed by atoms with E-state index in [2.05, 4.69) is 43.1 Å². The van der Waals surface area contributed by atoms with Crippen molar-refractivity contribution in [2.24, 2.45) is 0 Å². The van der Waals surface area contributed by atoms with Gasteiger partial charge in [-0.2, -0.15) is 0 Å². The van der Waals surface area contributed by atoms with Crippen LogP contribution in [0.4, 0.5) is 0 Å². The van der Waals surface area contributed by atoms with Crippen molar-refractivity contribution in [1.29, 1.82) is 0 Å². The Balaban J connectivity index is 3.28. The zero-order chi connectivity index (χ0) is 8.36. The lowest BCUT2D eigenvalue weighted by Crippen LogP contribution is -1.82. The monoisotopic (exact) mass is 148 g/mol. The van der Waals surface area contributed by atoms with Crippen LogP contribution < -0.4 is 5.32 Å². The fourth-order valence-electron chi connectivity index (χ4n) is 0.469. The standard InChI is InChI=1S/C10H14N/c1-3-5-7-9-11-10-8-6-4-2/h3-6H2,1-2H3.